The molecule has 1 heterocycles. The van der Waals surface area contributed by atoms with Crippen LogP contribution in [0.5, 0.6) is 0 Å². The summed E-state index contributed by atoms with van der Waals surface area (Å²) in [5.41, 5.74) is 0. The summed E-state index contributed by atoms with van der Waals surface area (Å²) in [7, 11) is 0. The molecule has 1 fully saturated rings. The molecule has 9 heavy (non-hydrogen) atoms. The smallest absolute Gasteiger partial charge is 0.116 e. The average molecular weight is 136 g/mol. The van der Waals surface area contributed by atoms with Crippen LogP contribution in [0.15, 0.2) is 0 Å². The Kier molecular flexibility index (Phi) is 2.39. The summed E-state index contributed by atoms with van der Waals surface area (Å²) in [5, 5.41) is 0. The summed E-state index contributed by atoms with van der Waals surface area (Å²) in [6.45, 7) is -0.951. The number of hydrogen-bond acceptors (Lipinski definition) is 1. The van der Waals surface area contributed by atoms with E-state index in [2.05, 4.69) is 0 Å². The van der Waals surface area contributed by atoms with Gasteiger partial charge in [0.2, 0.25) is 0 Å². The first-order valence-electron chi connectivity index (χ1n) is 3.14. The van der Waals surface area contributed by atoms with Crippen LogP contribution in [0.4, 0.5) is 8.78 Å². The molecule has 1 nitrogen and oxygen atoms in total. The van der Waals surface area contributed by atoms with E-state index in [1.165, 1.54) is 0 Å². The Bertz CT molecular complexity index is 77.1. The van der Waals surface area contributed by atoms with Gasteiger partial charge >= 0.3 is 0 Å². The topological polar surface area (TPSA) is 9.23 Å². The van der Waals surface area contributed by atoms with E-state index in [1.54, 1.807) is 0 Å². The number of ether oxygens (including phenoxy) is 1. The third kappa shape index (κ3) is 1.61. The lowest BCUT2D eigenvalue weighted by molar-refractivity contribution is 0.0192. The van der Waals surface area contributed by atoms with Gasteiger partial charge in [0.25, 0.3) is 0 Å². The Hall–Kier alpha value is -0.180. The van der Waals surface area contributed by atoms with E-state index < -0.39 is 13.3 Å². The second-order valence-corrected chi connectivity index (χ2v) is 2.27. The molecular formula is C6H10F2O. The lowest BCUT2D eigenvalue weighted by Gasteiger charge is -2.05. The first-order valence-corrected chi connectivity index (χ1v) is 3.14. The van der Waals surface area contributed by atoms with Gasteiger partial charge in [-0.1, -0.05) is 0 Å². The van der Waals surface area contributed by atoms with E-state index in [9.17, 15) is 8.78 Å². The van der Waals surface area contributed by atoms with Crippen LogP contribution < -0.4 is 0 Å². The van der Waals surface area contributed by atoms with Gasteiger partial charge in [0.1, 0.15) is 13.3 Å². The summed E-state index contributed by atoms with van der Waals surface area (Å²) in [5.74, 6) is 0. The molecule has 0 aliphatic carbocycles. The molecule has 1 aliphatic rings. The summed E-state index contributed by atoms with van der Waals surface area (Å²) in [4.78, 5) is 0. The zero-order valence-corrected chi connectivity index (χ0v) is 5.15. The lowest BCUT2D eigenvalue weighted by Crippen LogP contribution is -2.13. The van der Waals surface area contributed by atoms with Crippen molar-refractivity contribution in [3.05, 3.63) is 0 Å². The van der Waals surface area contributed by atoms with Gasteiger partial charge in [0.15, 0.2) is 0 Å². The van der Waals surface area contributed by atoms with Crippen molar-refractivity contribution in [1.29, 1.82) is 0 Å². The van der Waals surface area contributed by atoms with Crippen LogP contribution in [0.2, 0.25) is 0 Å². The Balaban J connectivity index is 2.20. The van der Waals surface area contributed by atoms with Crippen LogP contribution in [0.3, 0.4) is 0 Å². The van der Waals surface area contributed by atoms with Crippen LogP contribution in [0.25, 0.3) is 0 Å². The van der Waals surface area contributed by atoms with Crippen LogP contribution in [-0.4, -0.2) is 25.6 Å². The van der Waals surface area contributed by atoms with Gasteiger partial charge in [0, 0.05) is 0 Å². The predicted octanol–water partition coefficient (Wildman–Crippen LogP) is 1.47. The van der Waals surface area contributed by atoms with Gasteiger partial charge in [-0.15, -0.1) is 0 Å². The van der Waals surface area contributed by atoms with Crippen molar-refractivity contribution in [2.75, 3.05) is 13.3 Å². The van der Waals surface area contributed by atoms with E-state index >= 15 is 0 Å². The number of alkyl halides is 2. The summed E-state index contributed by atoms with van der Waals surface area (Å²) in [6.07, 6.45) is 0.687. The zero-order valence-electron chi connectivity index (χ0n) is 5.15. The maximum Gasteiger partial charge on any atom is 0.116 e. The molecule has 3 heteroatoms. The largest absolute Gasteiger partial charge is 0.370 e. The maximum absolute atomic E-state index is 11.8. The Labute approximate surface area is 53.0 Å². The Morgan fingerprint density at radius 3 is 1.78 bits per heavy atom. The van der Waals surface area contributed by atoms with Gasteiger partial charge in [-0.3, -0.25) is 0 Å². The van der Waals surface area contributed by atoms with Crippen LogP contribution in [0.1, 0.15) is 12.8 Å². The van der Waals surface area contributed by atoms with Crippen molar-refractivity contribution in [3.8, 4) is 0 Å². The first kappa shape index (κ1) is 6.93. The van der Waals surface area contributed by atoms with Gasteiger partial charge in [-0.25, -0.2) is 8.78 Å². The molecule has 0 aromatic carbocycles. The van der Waals surface area contributed by atoms with Crippen molar-refractivity contribution in [2.24, 2.45) is 0 Å². The summed E-state index contributed by atoms with van der Waals surface area (Å²) < 4.78 is 28.4. The highest BCUT2D eigenvalue weighted by atomic mass is 19.1. The van der Waals surface area contributed by atoms with Crippen molar-refractivity contribution < 1.29 is 13.5 Å². The fourth-order valence-corrected chi connectivity index (χ4v) is 1.01. The van der Waals surface area contributed by atoms with Crippen LogP contribution in [-0.2, 0) is 4.74 Å². The molecule has 0 N–H and O–H groups in total. The van der Waals surface area contributed by atoms with Crippen molar-refractivity contribution in [3.63, 3.8) is 0 Å². The van der Waals surface area contributed by atoms with Gasteiger partial charge in [-0.2, -0.15) is 0 Å². The van der Waals surface area contributed by atoms with Crippen molar-refractivity contribution in [1.82, 2.24) is 0 Å². The number of halogens is 2. The molecule has 0 radical (unpaired) electrons. The highest BCUT2D eigenvalue weighted by Crippen LogP contribution is 2.19. The zero-order chi connectivity index (χ0) is 6.69. The van der Waals surface area contributed by atoms with E-state index in [-0.39, 0.29) is 12.2 Å². The van der Waals surface area contributed by atoms with Crippen LogP contribution in [0, 0.1) is 0 Å². The molecule has 0 aromatic heterocycles. The van der Waals surface area contributed by atoms with Crippen LogP contribution >= 0.6 is 0 Å². The van der Waals surface area contributed by atoms with Gasteiger partial charge < -0.3 is 4.74 Å². The first-order chi connectivity index (χ1) is 4.36. The van der Waals surface area contributed by atoms with E-state index in [4.69, 9.17) is 4.74 Å². The minimum atomic E-state index is -0.476. The molecule has 0 aromatic rings. The monoisotopic (exact) mass is 136 g/mol. The minimum Gasteiger partial charge on any atom is -0.370 e. The number of rotatable bonds is 2. The molecule has 0 spiro atoms. The molecule has 0 amide bonds. The highest BCUT2D eigenvalue weighted by Gasteiger charge is 2.24. The average Bonchev–Trinajstić information content (AvgIpc) is 2.34. The van der Waals surface area contributed by atoms with Crippen molar-refractivity contribution in [2.45, 2.75) is 25.0 Å². The molecular weight excluding hydrogens is 126 g/mol. The second-order valence-electron chi connectivity index (χ2n) is 2.27. The van der Waals surface area contributed by atoms with Gasteiger partial charge in [-0.05, 0) is 12.8 Å². The van der Waals surface area contributed by atoms with E-state index in [0.29, 0.717) is 12.8 Å². The molecule has 1 aliphatic heterocycles. The highest BCUT2D eigenvalue weighted by molar-refractivity contribution is 4.71. The number of hydrogen-bond donors (Lipinski definition) is 0. The minimum absolute atomic E-state index is 0.328. The lowest BCUT2D eigenvalue weighted by atomic mass is 10.2. The molecule has 0 saturated carbocycles. The molecule has 2 atom stereocenters. The molecule has 1 saturated heterocycles. The molecule has 54 valence electrons. The quantitative estimate of drug-likeness (QED) is 0.558. The van der Waals surface area contributed by atoms with E-state index in [1.807, 2.05) is 0 Å². The summed E-state index contributed by atoms with van der Waals surface area (Å²) in [6, 6.07) is 0. The third-order valence-corrected chi connectivity index (χ3v) is 1.54. The third-order valence-electron chi connectivity index (χ3n) is 1.54. The Morgan fingerprint density at radius 1 is 1.11 bits per heavy atom. The Morgan fingerprint density at radius 2 is 1.56 bits per heavy atom. The maximum atomic E-state index is 11.8. The normalized spacial score (nSPS) is 35.3. The fraction of sp³-hybridized carbons (Fsp3) is 1.00. The second kappa shape index (κ2) is 3.11. The SMILES string of the molecule is FC[C@@H]1CC[C@@H](CF)O1. The molecule has 0 bridgehead atoms. The van der Waals surface area contributed by atoms with Gasteiger partial charge in [0.05, 0.1) is 12.2 Å². The molecule has 0 unspecified atom stereocenters. The molecule has 1 rings (SSSR count). The van der Waals surface area contributed by atoms with E-state index in [0.717, 1.165) is 0 Å². The standard InChI is InChI=1S/C6H10F2O/c7-3-5-1-2-6(4-8)9-5/h5-6H,1-4H2/t5-,6-/m0/s1. The van der Waals surface area contributed by atoms with Crippen molar-refractivity contribution >= 4 is 0 Å². The predicted molar refractivity (Wildman–Crippen MR) is 29.8 cm³/mol. The fourth-order valence-electron chi connectivity index (χ4n) is 1.01. The summed E-state index contributed by atoms with van der Waals surface area (Å²) >= 11 is 0.